The van der Waals surface area contributed by atoms with Crippen molar-refractivity contribution in [3.8, 4) is 11.8 Å². The Morgan fingerprint density at radius 1 is 0.900 bits per heavy atom. The second-order valence-electron chi connectivity index (χ2n) is 7.06. The number of nitrogens with zero attached hydrogens (tertiary/aromatic N) is 2. The molecular formula is C25H19BrN2O2. The highest BCUT2D eigenvalue weighted by Gasteiger charge is 2.12. The minimum atomic E-state index is -0.335. The second kappa shape index (κ2) is 8.56. The Kier molecular flexibility index (Phi) is 5.69. The van der Waals surface area contributed by atoms with Gasteiger partial charge in [0.2, 0.25) is 0 Å². The molecule has 0 N–H and O–H groups in total. The molecule has 0 fully saturated rings. The van der Waals surface area contributed by atoms with E-state index in [-0.39, 0.29) is 17.8 Å². The van der Waals surface area contributed by atoms with Gasteiger partial charge in [-0.25, -0.2) is 4.79 Å². The van der Waals surface area contributed by atoms with Crippen LogP contribution in [-0.4, -0.2) is 9.13 Å². The third kappa shape index (κ3) is 4.14. The standard InChI is InChI=1S/C25H19BrN2O2/c1-27-23-15-12-19(9-5-8-18-6-3-2-4-7-18)16-22(23)24(29)28(25(27)30)17-20-10-13-21(26)14-11-20/h2-4,6-7,10-16H,8,17H2,1H3. The van der Waals surface area contributed by atoms with E-state index in [0.717, 1.165) is 21.2 Å². The maximum atomic E-state index is 13.1. The number of fused-ring (bicyclic) bond motifs is 1. The molecule has 0 radical (unpaired) electrons. The summed E-state index contributed by atoms with van der Waals surface area (Å²) in [5.74, 6) is 6.29. The van der Waals surface area contributed by atoms with E-state index in [1.54, 1.807) is 19.2 Å². The van der Waals surface area contributed by atoms with Crippen molar-refractivity contribution < 1.29 is 0 Å². The molecule has 0 aliphatic heterocycles. The Morgan fingerprint density at radius 3 is 2.37 bits per heavy atom. The third-order valence-corrected chi connectivity index (χ3v) is 5.50. The lowest BCUT2D eigenvalue weighted by Gasteiger charge is -2.11. The smallest absolute Gasteiger partial charge is 0.296 e. The van der Waals surface area contributed by atoms with Gasteiger partial charge in [0.1, 0.15) is 0 Å². The lowest BCUT2D eigenvalue weighted by atomic mass is 10.1. The molecule has 0 aliphatic carbocycles. The van der Waals surface area contributed by atoms with Gasteiger partial charge in [0.25, 0.3) is 5.56 Å². The minimum absolute atomic E-state index is 0.221. The van der Waals surface area contributed by atoms with Crippen molar-refractivity contribution in [1.82, 2.24) is 9.13 Å². The van der Waals surface area contributed by atoms with Crippen LogP contribution in [0.1, 0.15) is 16.7 Å². The summed E-state index contributed by atoms with van der Waals surface area (Å²) in [6.07, 6.45) is 0.639. The molecule has 0 amide bonds. The molecule has 0 saturated carbocycles. The number of hydrogen-bond donors (Lipinski definition) is 0. The zero-order valence-corrected chi connectivity index (χ0v) is 18.0. The average Bonchev–Trinajstić information content (AvgIpc) is 2.77. The predicted molar refractivity (Wildman–Crippen MR) is 124 cm³/mol. The van der Waals surface area contributed by atoms with E-state index >= 15 is 0 Å². The SMILES string of the molecule is Cn1c(=O)n(Cc2ccc(Br)cc2)c(=O)c2cc(C#CCc3ccccc3)ccc21. The first-order chi connectivity index (χ1) is 14.5. The van der Waals surface area contributed by atoms with Crippen LogP contribution in [-0.2, 0) is 20.0 Å². The van der Waals surface area contributed by atoms with Gasteiger partial charge in [-0.05, 0) is 41.5 Å². The maximum absolute atomic E-state index is 13.1. The van der Waals surface area contributed by atoms with Gasteiger partial charge in [-0.2, -0.15) is 0 Å². The zero-order valence-electron chi connectivity index (χ0n) is 16.4. The first-order valence-corrected chi connectivity index (χ1v) is 10.3. The highest BCUT2D eigenvalue weighted by atomic mass is 79.9. The molecule has 0 spiro atoms. The number of aryl methyl sites for hydroxylation is 1. The van der Waals surface area contributed by atoms with Gasteiger partial charge >= 0.3 is 5.69 Å². The van der Waals surface area contributed by atoms with E-state index in [2.05, 4.69) is 27.8 Å². The average molecular weight is 459 g/mol. The summed E-state index contributed by atoms with van der Waals surface area (Å²) in [5, 5.41) is 0.487. The zero-order chi connectivity index (χ0) is 21.1. The molecular weight excluding hydrogens is 440 g/mol. The van der Waals surface area contributed by atoms with Crippen molar-refractivity contribution in [3.63, 3.8) is 0 Å². The van der Waals surface area contributed by atoms with Gasteiger partial charge in [0.05, 0.1) is 17.4 Å². The fourth-order valence-electron chi connectivity index (χ4n) is 3.35. The Bertz CT molecular complexity index is 1390. The van der Waals surface area contributed by atoms with Crippen molar-refractivity contribution in [1.29, 1.82) is 0 Å². The summed E-state index contributed by atoms with van der Waals surface area (Å²) in [6, 6.07) is 23.0. The highest BCUT2D eigenvalue weighted by molar-refractivity contribution is 9.10. The molecule has 0 atom stereocenters. The van der Waals surface area contributed by atoms with E-state index in [0.29, 0.717) is 17.3 Å². The summed E-state index contributed by atoms with van der Waals surface area (Å²) in [4.78, 5) is 25.9. The summed E-state index contributed by atoms with van der Waals surface area (Å²) in [5.41, 5.74) is 2.75. The number of rotatable bonds is 3. The van der Waals surface area contributed by atoms with Gasteiger partial charge in [-0.15, -0.1) is 0 Å². The van der Waals surface area contributed by atoms with Crippen LogP contribution in [0.5, 0.6) is 0 Å². The van der Waals surface area contributed by atoms with Crippen LogP contribution >= 0.6 is 15.9 Å². The van der Waals surface area contributed by atoms with Crippen LogP contribution in [0.25, 0.3) is 10.9 Å². The first-order valence-electron chi connectivity index (χ1n) is 9.54. The maximum Gasteiger partial charge on any atom is 0.331 e. The van der Waals surface area contributed by atoms with Gasteiger partial charge < -0.3 is 0 Å². The Morgan fingerprint density at radius 2 is 1.63 bits per heavy atom. The number of benzene rings is 3. The molecule has 4 aromatic rings. The first kappa shape index (κ1) is 19.9. The van der Waals surface area contributed by atoms with E-state index in [1.165, 1.54) is 9.13 Å². The molecule has 5 heteroatoms. The minimum Gasteiger partial charge on any atom is -0.296 e. The Balaban J connectivity index is 1.73. The number of aromatic nitrogens is 2. The highest BCUT2D eigenvalue weighted by Crippen LogP contribution is 2.13. The van der Waals surface area contributed by atoms with E-state index in [4.69, 9.17) is 0 Å². The fraction of sp³-hybridized carbons (Fsp3) is 0.120. The number of halogens is 1. The summed E-state index contributed by atoms with van der Waals surface area (Å²) >= 11 is 3.40. The van der Waals surface area contributed by atoms with E-state index in [9.17, 15) is 9.59 Å². The Hall–Kier alpha value is -3.36. The van der Waals surface area contributed by atoms with Crippen LogP contribution < -0.4 is 11.2 Å². The van der Waals surface area contributed by atoms with Crippen molar-refractivity contribution in [2.24, 2.45) is 7.05 Å². The van der Waals surface area contributed by atoms with Crippen LogP contribution in [0.2, 0.25) is 0 Å². The summed E-state index contributed by atoms with van der Waals surface area (Å²) in [7, 11) is 1.68. The van der Waals surface area contributed by atoms with Crippen LogP contribution in [0.4, 0.5) is 0 Å². The lowest BCUT2D eigenvalue weighted by molar-refractivity contribution is 0.660. The van der Waals surface area contributed by atoms with Crippen molar-refractivity contribution >= 4 is 26.8 Å². The summed E-state index contributed by atoms with van der Waals surface area (Å²) < 4.78 is 3.73. The molecule has 148 valence electrons. The molecule has 1 aromatic heterocycles. The van der Waals surface area contributed by atoms with Crippen LogP contribution in [0.3, 0.4) is 0 Å². The molecule has 0 bridgehead atoms. The monoisotopic (exact) mass is 458 g/mol. The summed E-state index contributed by atoms with van der Waals surface area (Å²) in [6.45, 7) is 0.221. The lowest BCUT2D eigenvalue weighted by Crippen LogP contribution is -2.39. The molecule has 1 heterocycles. The molecule has 3 aromatic carbocycles. The van der Waals surface area contributed by atoms with Crippen molar-refractivity contribution in [3.05, 3.63) is 115 Å². The normalized spacial score (nSPS) is 10.6. The van der Waals surface area contributed by atoms with Crippen LogP contribution in [0.15, 0.2) is 86.9 Å². The quantitative estimate of drug-likeness (QED) is 0.433. The molecule has 4 rings (SSSR count). The molecule has 30 heavy (non-hydrogen) atoms. The van der Waals surface area contributed by atoms with E-state index in [1.807, 2.05) is 60.7 Å². The molecule has 0 saturated heterocycles. The number of hydrogen-bond acceptors (Lipinski definition) is 2. The molecule has 0 unspecified atom stereocenters. The van der Waals surface area contributed by atoms with Crippen LogP contribution in [0, 0.1) is 11.8 Å². The largest absolute Gasteiger partial charge is 0.331 e. The van der Waals surface area contributed by atoms with Gasteiger partial charge in [-0.1, -0.05) is 70.2 Å². The molecule has 0 aliphatic rings. The topological polar surface area (TPSA) is 44.0 Å². The van der Waals surface area contributed by atoms with Crippen molar-refractivity contribution in [2.75, 3.05) is 0 Å². The van der Waals surface area contributed by atoms with E-state index < -0.39 is 0 Å². The third-order valence-electron chi connectivity index (χ3n) is 4.97. The second-order valence-corrected chi connectivity index (χ2v) is 7.97. The predicted octanol–water partition coefficient (Wildman–Crippen LogP) is 4.11. The fourth-order valence-corrected chi connectivity index (χ4v) is 3.61. The van der Waals surface area contributed by atoms with Gasteiger partial charge in [0, 0.05) is 23.5 Å². The van der Waals surface area contributed by atoms with Gasteiger partial charge in [0.15, 0.2) is 0 Å². The Labute approximate surface area is 182 Å². The van der Waals surface area contributed by atoms with Gasteiger partial charge in [-0.3, -0.25) is 13.9 Å². The van der Waals surface area contributed by atoms with Crippen molar-refractivity contribution in [2.45, 2.75) is 13.0 Å². The molecule has 4 nitrogen and oxygen atoms in total.